The Labute approximate surface area is 204 Å². The number of hydrogen-bond acceptors (Lipinski definition) is 7. The van der Waals surface area contributed by atoms with Crippen molar-refractivity contribution in [2.24, 2.45) is 0 Å². The molecule has 0 aliphatic carbocycles. The van der Waals surface area contributed by atoms with Gasteiger partial charge in [-0.05, 0) is 31.0 Å². The Morgan fingerprint density at radius 2 is 1.97 bits per heavy atom. The summed E-state index contributed by atoms with van der Waals surface area (Å²) in [6.45, 7) is -0.805. The fourth-order valence-corrected chi connectivity index (χ4v) is 4.84. The normalized spacial score (nSPS) is 20.6. The lowest BCUT2D eigenvalue weighted by atomic mass is 10.1. The molecule has 0 saturated carbocycles. The molecular weight excluding hydrogens is 477 g/mol. The first-order valence-electron chi connectivity index (χ1n) is 11.5. The highest BCUT2D eigenvalue weighted by molar-refractivity contribution is 5.97. The number of fused-ring (bicyclic) bond motifs is 3. The minimum atomic E-state index is -4.30. The molecule has 2 atom stereocenters. The van der Waals surface area contributed by atoms with Crippen molar-refractivity contribution in [3.05, 3.63) is 36.3 Å². The van der Waals surface area contributed by atoms with Crippen molar-refractivity contribution in [1.82, 2.24) is 29.7 Å². The van der Waals surface area contributed by atoms with Gasteiger partial charge in [0.25, 0.3) is 5.91 Å². The maximum Gasteiger partial charge on any atom is 0.401 e. The van der Waals surface area contributed by atoms with Crippen molar-refractivity contribution in [2.45, 2.75) is 37.5 Å². The molecule has 2 saturated heterocycles. The minimum absolute atomic E-state index is 0.0505. The number of carbonyl (C=O) groups excluding carboxylic acids is 2. The molecular formula is C23H25F3N8O2. The molecule has 10 nitrogen and oxygen atoms in total. The number of hydrogen-bond donors (Lipinski definition) is 2. The Kier molecular flexibility index (Phi) is 6.02. The number of pyridine rings is 1. The van der Waals surface area contributed by atoms with Crippen LogP contribution in [0.4, 0.5) is 30.6 Å². The lowest BCUT2D eigenvalue weighted by Gasteiger charge is -2.29. The smallest absolute Gasteiger partial charge is 0.344 e. The van der Waals surface area contributed by atoms with E-state index in [-0.39, 0.29) is 36.8 Å². The Morgan fingerprint density at radius 3 is 2.67 bits per heavy atom. The van der Waals surface area contributed by atoms with Crippen LogP contribution in [0, 0.1) is 0 Å². The fourth-order valence-electron chi connectivity index (χ4n) is 4.84. The Bertz CT molecular complexity index is 1290. The molecule has 0 unspecified atom stereocenters. The van der Waals surface area contributed by atoms with Crippen LogP contribution in [0.25, 0.3) is 11.0 Å². The summed E-state index contributed by atoms with van der Waals surface area (Å²) in [4.78, 5) is 45.3. The number of rotatable bonds is 5. The minimum Gasteiger partial charge on any atom is -0.344 e. The van der Waals surface area contributed by atoms with E-state index in [0.29, 0.717) is 41.1 Å². The van der Waals surface area contributed by atoms with Gasteiger partial charge in [0.05, 0.1) is 18.4 Å². The first-order valence-corrected chi connectivity index (χ1v) is 11.5. The first-order chi connectivity index (χ1) is 17.1. The summed E-state index contributed by atoms with van der Waals surface area (Å²) in [6, 6.07) is 4.29. The van der Waals surface area contributed by atoms with Gasteiger partial charge in [0, 0.05) is 50.7 Å². The molecule has 190 valence electrons. The van der Waals surface area contributed by atoms with Crippen molar-refractivity contribution >= 4 is 40.3 Å². The zero-order valence-corrected chi connectivity index (χ0v) is 19.7. The third-order valence-corrected chi connectivity index (χ3v) is 6.54. The lowest BCUT2D eigenvalue weighted by molar-refractivity contribution is -0.151. The quantitative estimate of drug-likeness (QED) is 0.552. The van der Waals surface area contributed by atoms with Crippen LogP contribution in [0.3, 0.4) is 0 Å². The van der Waals surface area contributed by atoms with Gasteiger partial charge in [0.15, 0.2) is 0 Å². The highest BCUT2D eigenvalue weighted by Gasteiger charge is 2.45. The highest BCUT2D eigenvalue weighted by atomic mass is 19.4. The van der Waals surface area contributed by atoms with E-state index in [1.54, 1.807) is 38.5 Å². The molecule has 2 N–H and O–H groups in total. The summed E-state index contributed by atoms with van der Waals surface area (Å²) >= 11 is 0. The molecule has 3 aromatic rings. The van der Waals surface area contributed by atoms with Crippen LogP contribution in [0.5, 0.6) is 0 Å². The second-order valence-electron chi connectivity index (χ2n) is 9.29. The number of aromatic amines is 1. The molecule has 0 radical (unpaired) electrons. The SMILES string of the molecule is CN(C)C(=O)c1cc2cnc(Nc3ccc(N4C[C@H]5CC[C@@H](CC4=O)N5CC(F)(F)F)cn3)nc2[nH]1. The lowest BCUT2D eigenvalue weighted by Crippen LogP contribution is -2.44. The van der Waals surface area contributed by atoms with E-state index in [2.05, 4.69) is 25.3 Å². The number of halogens is 3. The van der Waals surface area contributed by atoms with Crippen molar-refractivity contribution in [3.63, 3.8) is 0 Å². The van der Waals surface area contributed by atoms with Gasteiger partial charge in [0.1, 0.15) is 17.2 Å². The van der Waals surface area contributed by atoms with Gasteiger partial charge >= 0.3 is 6.18 Å². The number of alkyl halides is 3. The van der Waals surface area contributed by atoms with Gasteiger partial charge in [-0.25, -0.2) is 9.97 Å². The molecule has 36 heavy (non-hydrogen) atoms. The molecule has 5 rings (SSSR count). The van der Waals surface area contributed by atoms with Crippen LogP contribution >= 0.6 is 0 Å². The van der Waals surface area contributed by atoms with E-state index in [4.69, 9.17) is 0 Å². The van der Waals surface area contributed by atoms with Crippen LogP contribution in [-0.2, 0) is 4.79 Å². The Morgan fingerprint density at radius 1 is 1.19 bits per heavy atom. The van der Waals surface area contributed by atoms with Gasteiger partial charge in [-0.15, -0.1) is 0 Å². The predicted octanol–water partition coefficient (Wildman–Crippen LogP) is 2.93. The zero-order chi connectivity index (χ0) is 25.6. The van der Waals surface area contributed by atoms with Crippen LogP contribution in [0.2, 0.25) is 0 Å². The van der Waals surface area contributed by atoms with Gasteiger partial charge in [0.2, 0.25) is 11.9 Å². The van der Waals surface area contributed by atoms with Crippen LogP contribution in [0.15, 0.2) is 30.6 Å². The molecule has 2 fully saturated rings. The number of anilines is 3. The van der Waals surface area contributed by atoms with Crippen LogP contribution in [0.1, 0.15) is 29.8 Å². The van der Waals surface area contributed by atoms with Crippen LogP contribution < -0.4 is 10.2 Å². The highest BCUT2D eigenvalue weighted by Crippen LogP contribution is 2.35. The molecule has 2 aliphatic rings. The maximum atomic E-state index is 13.1. The number of carbonyl (C=O) groups is 2. The van der Waals surface area contributed by atoms with Crippen molar-refractivity contribution < 1.29 is 22.8 Å². The summed E-state index contributed by atoms with van der Waals surface area (Å²) in [5, 5.41) is 3.67. The molecule has 5 heterocycles. The monoisotopic (exact) mass is 502 g/mol. The maximum absolute atomic E-state index is 13.1. The molecule has 3 aromatic heterocycles. The first kappa shape index (κ1) is 24.0. The number of nitrogens with one attached hydrogen (secondary N) is 2. The largest absolute Gasteiger partial charge is 0.401 e. The molecule has 13 heteroatoms. The van der Waals surface area contributed by atoms with Crippen LogP contribution in [-0.4, -0.2) is 87.0 Å². The van der Waals surface area contributed by atoms with E-state index in [9.17, 15) is 22.8 Å². The third-order valence-electron chi connectivity index (χ3n) is 6.54. The Hall–Kier alpha value is -3.74. The second-order valence-corrected chi connectivity index (χ2v) is 9.29. The molecule has 0 aromatic carbocycles. The summed E-state index contributed by atoms with van der Waals surface area (Å²) in [6.07, 6.45) is 0.0564. The van der Waals surface area contributed by atoms with Gasteiger partial charge in [-0.1, -0.05) is 0 Å². The van der Waals surface area contributed by atoms with E-state index in [1.165, 1.54) is 20.9 Å². The number of aromatic nitrogens is 4. The third kappa shape index (κ3) is 4.83. The standard InChI is InChI=1S/C23H25F3N8O2/c1-32(2)21(36)17-7-13-9-28-22(31-20(13)29-17)30-18-6-5-15(10-27-18)33-11-16-4-3-14(8-19(33)35)34(16)12-23(24,25)26/h5-7,9-10,14,16H,3-4,8,11-12H2,1-2H3,(H2,27,28,29,30,31)/t14-,16+/m0/s1. The second kappa shape index (κ2) is 9.04. The summed E-state index contributed by atoms with van der Waals surface area (Å²) in [5.74, 6) is 0.300. The zero-order valence-electron chi connectivity index (χ0n) is 19.7. The van der Waals surface area contributed by atoms with Crippen molar-refractivity contribution in [3.8, 4) is 0 Å². The van der Waals surface area contributed by atoms with E-state index < -0.39 is 18.8 Å². The average Bonchev–Trinajstić information content (AvgIpc) is 3.36. The number of nitrogens with zero attached hydrogens (tertiary/aromatic N) is 6. The molecule has 0 spiro atoms. The van der Waals surface area contributed by atoms with Crippen molar-refractivity contribution in [1.29, 1.82) is 0 Å². The van der Waals surface area contributed by atoms with Gasteiger partial charge in [-0.3, -0.25) is 14.5 Å². The average molecular weight is 503 g/mol. The van der Waals surface area contributed by atoms with E-state index in [1.807, 2.05) is 0 Å². The predicted molar refractivity (Wildman–Crippen MR) is 126 cm³/mol. The summed E-state index contributed by atoms with van der Waals surface area (Å²) in [5.41, 5.74) is 1.41. The summed E-state index contributed by atoms with van der Waals surface area (Å²) in [7, 11) is 3.31. The van der Waals surface area contributed by atoms with E-state index >= 15 is 0 Å². The summed E-state index contributed by atoms with van der Waals surface area (Å²) < 4.78 is 39.2. The fraction of sp³-hybridized carbons (Fsp3) is 0.435. The Balaban J connectivity index is 1.29. The van der Waals surface area contributed by atoms with E-state index in [0.717, 1.165) is 0 Å². The topological polar surface area (TPSA) is 110 Å². The van der Waals surface area contributed by atoms with Crippen molar-refractivity contribution in [2.75, 3.05) is 37.4 Å². The number of amides is 2. The number of H-pyrrole nitrogens is 1. The van der Waals surface area contributed by atoms with Gasteiger partial charge < -0.3 is 20.1 Å². The molecule has 2 amide bonds. The molecule has 2 aliphatic heterocycles. The van der Waals surface area contributed by atoms with Gasteiger partial charge in [-0.2, -0.15) is 18.2 Å². The molecule has 2 bridgehead atoms.